The number of hydrogen-bond acceptors (Lipinski definition) is 6. The van der Waals surface area contributed by atoms with Gasteiger partial charge < -0.3 is 10.2 Å². The maximum atomic E-state index is 13.6. The number of hydrogen-bond donors (Lipinski definition) is 1. The average Bonchev–Trinajstić information content (AvgIpc) is 3.23. The maximum absolute atomic E-state index is 13.6. The number of nitrogens with one attached hydrogen (secondary N) is 1. The zero-order valence-corrected chi connectivity index (χ0v) is 16.1. The third-order valence-corrected chi connectivity index (χ3v) is 5.36. The Bertz CT molecular complexity index is 909. The van der Waals surface area contributed by atoms with E-state index < -0.39 is 17.7 Å². The topological polar surface area (TPSA) is 73.7 Å². The molecule has 1 atom stereocenters. The fourth-order valence-electron chi connectivity index (χ4n) is 3.86. The smallest absolute Gasteiger partial charge is 0.246 e. The number of hydrazone groups is 1. The van der Waals surface area contributed by atoms with E-state index in [4.69, 9.17) is 0 Å². The Kier molecular flexibility index (Phi) is 5.37. The minimum Gasteiger partial charge on any atom is -0.357 e. The Morgan fingerprint density at radius 2 is 1.90 bits per heavy atom. The van der Waals surface area contributed by atoms with Gasteiger partial charge in [-0.2, -0.15) is 10.1 Å². The highest BCUT2D eigenvalue weighted by Gasteiger charge is 2.35. The number of carbonyl (C=O) groups is 1. The van der Waals surface area contributed by atoms with E-state index in [2.05, 4.69) is 25.3 Å². The second-order valence-electron chi connectivity index (χ2n) is 7.18. The summed E-state index contributed by atoms with van der Waals surface area (Å²) in [6, 6.07) is 4.74. The molecule has 1 fully saturated rings. The van der Waals surface area contributed by atoms with Crippen LogP contribution in [0.2, 0.25) is 0 Å². The lowest BCUT2D eigenvalue weighted by Gasteiger charge is -2.34. The molecule has 1 aromatic carbocycles. The van der Waals surface area contributed by atoms with Crippen LogP contribution in [0.4, 0.5) is 20.5 Å². The summed E-state index contributed by atoms with van der Waals surface area (Å²) >= 11 is 0. The first-order chi connectivity index (χ1) is 14.0. The van der Waals surface area contributed by atoms with Gasteiger partial charge in [0, 0.05) is 51.0 Å². The number of amides is 1. The van der Waals surface area contributed by atoms with Gasteiger partial charge in [0.2, 0.25) is 11.9 Å². The number of aromatic nitrogens is 2. The monoisotopic (exact) mass is 400 g/mol. The third kappa shape index (κ3) is 4.03. The molecule has 2 aromatic rings. The molecule has 1 amide bonds. The van der Waals surface area contributed by atoms with E-state index in [-0.39, 0.29) is 11.8 Å². The van der Waals surface area contributed by atoms with E-state index in [1.165, 1.54) is 17.1 Å². The van der Waals surface area contributed by atoms with E-state index in [1.807, 2.05) is 6.07 Å². The molecule has 4 rings (SSSR count). The lowest BCUT2D eigenvalue weighted by molar-refractivity contribution is -0.138. The van der Waals surface area contributed by atoms with Crippen LogP contribution >= 0.6 is 0 Å². The highest BCUT2D eigenvalue weighted by molar-refractivity contribution is 5.82. The molecule has 1 N–H and O–H groups in total. The molecule has 0 unspecified atom stereocenters. The van der Waals surface area contributed by atoms with E-state index in [9.17, 15) is 13.6 Å². The van der Waals surface area contributed by atoms with E-state index in [0.717, 1.165) is 11.9 Å². The lowest BCUT2D eigenvalue weighted by atomic mass is 9.94. The van der Waals surface area contributed by atoms with Crippen molar-refractivity contribution < 1.29 is 13.6 Å². The number of piperidine rings is 1. The van der Waals surface area contributed by atoms with Crippen LogP contribution in [0, 0.1) is 17.6 Å². The van der Waals surface area contributed by atoms with Gasteiger partial charge in [0.05, 0.1) is 6.04 Å². The molecule has 152 valence electrons. The van der Waals surface area contributed by atoms with Crippen LogP contribution in [0.15, 0.2) is 35.6 Å². The van der Waals surface area contributed by atoms with Gasteiger partial charge in [-0.1, -0.05) is 0 Å². The van der Waals surface area contributed by atoms with Gasteiger partial charge in [0.15, 0.2) is 0 Å². The van der Waals surface area contributed by atoms with Gasteiger partial charge in [0.25, 0.3) is 0 Å². The summed E-state index contributed by atoms with van der Waals surface area (Å²) in [6.07, 6.45) is 5.09. The van der Waals surface area contributed by atoms with Crippen LogP contribution in [0.25, 0.3) is 0 Å². The summed E-state index contributed by atoms with van der Waals surface area (Å²) < 4.78 is 27.2. The molecule has 0 saturated carbocycles. The van der Waals surface area contributed by atoms with Crippen molar-refractivity contribution in [3.05, 3.63) is 47.7 Å². The maximum Gasteiger partial charge on any atom is 0.246 e. The molecule has 0 aliphatic carbocycles. The van der Waals surface area contributed by atoms with E-state index in [0.29, 0.717) is 43.9 Å². The molecular weight excluding hydrogens is 378 g/mol. The second-order valence-corrected chi connectivity index (χ2v) is 7.18. The molecule has 0 spiro atoms. The molecule has 1 aromatic heterocycles. The Balaban J connectivity index is 1.43. The molecule has 7 nitrogen and oxygen atoms in total. The van der Waals surface area contributed by atoms with Gasteiger partial charge in [-0.05, 0) is 36.6 Å². The molecule has 1 saturated heterocycles. The summed E-state index contributed by atoms with van der Waals surface area (Å²) in [5.41, 5.74) is 0.423. The minimum absolute atomic E-state index is 0.105. The minimum atomic E-state index is -0.654. The lowest BCUT2D eigenvalue weighted by Crippen LogP contribution is -2.41. The highest BCUT2D eigenvalue weighted by atomic mass is 19.1. The first-order valence-electron chi connectivity index (χ1n) is 9.62. The van der Waals surface area contributed by atoms with Crippen molar-refractivity contribution in [2.75, 3.05) is 30.4 Å². The Labute approximate surface area is 167 Å². The number of nitrogens with zero attached hydrogens (tertiary/aromatic N) is 5. The number of carbonyl (C=O) groups excluding carboxylic acids is 1. The fourth-order valence-corrected chi connectivity index (χ4v) is 3.86. The van der Waals surface area contributed by atoms with Crippen molar-refractivity contribution in [2.24, 2.45) is 11.0 Å². The zero-order valence-electron chi connectivity index (χ0n) is 16.1. The first kappa shape index (κ1) is 19.2. The van der Waals surface area contributed by atoms with Crippen LogP contribution in [0.3, 0.4) is 0 Å². The number of rotatable bonds is 4. The van der Waals surface area contributed by atoms with Gasteiger partial charge in [-0.15, -0.1) is 0 Å². The summed E-state index contributed by atoms with van der Waals surface area (Å²) in [5, 5.41) is 8.51. The second kappa shape index (κ2) is 8.10. The van der Waals surface area contributed by atoms with Crippen molar-refractivity contribution in [2.45, 2.75) is 25.3 Å². The Morgan fingerprint density at radius 3 is 2.59 bits per heavy atom. The molecular formula is C20H22F2N6O. The molecule has 3 heterocycles. The van der Waals surface area contributed by atoms with Gasteiger partial charge in [-0.25, -0.2) is 18.8 Å². The van der Waals surface area contributed by atoms with Crippen LogP contribution in [0.1, 0.15) is 30.9 Å². The van der Waals surface area contributed by atoms with Gasteiger partial charge in [0.1, 0.15) is 17.5 Å². The zero-order chi connectivity index (χ0) is 20.4. The Morgan fingerprint density at radius 1 is 1.17 bits per heavy atom. The number of anilines is 2. The van der Waals surface area contributed by atoms with Crippen LogP contribution in [-0.4, -0.2) is 47.2 Å². The van der Waals surface area contributed by atoms with Gasteiger partial charge >= 0.3 is 0 Å². The predicted octanol–water partition coefficient (Wildman–Crippen LogP) is 2.97. The molecule has 29 heavy (non-hydrogen) atoms. The predicted molar refractivity (Wildman–Crippen MR) is 106 cm³/mol. The summed E-state index contributed by atoms with van der Waals surface area (Å²) in [5.74, 6) is -0.226. The van der Waals surface area contributed by atoms with Crippen LogP contribution in [-0.2, 0) is 4.79 Å². The summed E-state index contributed by atoms with van der Waals surface area (Å²) in [4.78, 5) is 23.8. The SMILES string of the molecule is CNc1nccc(N2CCC(C(=O)N3N=CC[C@H]3c3cc(F)cc(F)c3)CC2)n1. The van der Waals surface area contributed by atoms with Crippen molar-refractivity contribution in [3.8, 4) is 0 Å². The molecule has 9 heteroatoms. The molecule has 2 aliphatic heterocycles. The third-order valence-electron chi connectivity index (χ3n) is 5.36. The van der Waals surface area contributed by atoms with Crippen molar-refractivity contribution in [1.29, 1.82) is 0 Å². The summed E-state index contributed by atoms with van der Waals surface area (Å²) in [6.45, 7) is 1.38. The van der Waals surface area contributed by atoms with Gasteiger partial charge in [-0.3, -0.25) is 4.79 Å². The first-order valence-corrected chi connectivity index (χ1v) is 9.62. The van der Waals surface area contributed by atoms with Crippen molar-refractivity contribution in [3.63, 3.8) is 0 Å². The van der Waals surface area contributed by atoms with Crippen molar-refractivity contribution in [1.82, 2.24) is 15.0 Å². The average molecular weight is 400 g/mol. The van der Waals surface area contributed by atoms with Crippen molar-refractivity contribution >= 4 is 23.9 Å². The summed E-state index contributed by atoms with van der Waals surface area (Å²) in [7, 11) is 1.77. The largest absolute Gasteiger partial charge is 0.357 e. The fraction of sp³-hybridized carbons (Fsp3) is 0.400. The quantitative estimate of drug-likeness (QED) is 0.854. The van der Waals surface area contributed by atoms with Crippen LogP contribution in [0.5, 0.6) is 0 Å². The molecule has 0 radical (unpaired) electrons. The van der Waals surface area contributed by atoms with E-state index in [1.54, 1.807) is 19.5 Å². The number of benzene rings is 1. The standard InChI is InChI=1S/C20H22F2N6O/c1-23-20-24-6-3-18(26-20)27-8-4-13(5-9-27)19(29)28-17(2-7-25-28)14-10-15(21)12-16(22)11-14/h3,6-7,10-13,17H,2,4-5,8-9H2,1H3,(H,23,24,26)/t17-/m0/s1. The highest BCUT2D eigenvalue weighted by Crippen LogP contribution is 2.33. The molecule has 0 bridgehead atoms. The normalized spacial score (nSPS) is 19.6. The van der Waals surface area contributed by atoms with E-state index >= 15 is 0 Å². The number of halogens is 2. The molecule has 2 aliphatic rings. The van der Waals surface area contributed by atoms with Crippen LogP contribution < -0.4 is 10.2 Å². The Hall–Kier alpha value is -3.10.